The highest BCUT2D eigenvalue weighted by molar-refractivity contribution is 5.95. The van der Waals surface area contributed by atoms with Gasteiger partial charge in [0.15, 0.2) is 0 Å². The molecule has 118 valence electrons. The average molecular weight is 325 g/mol. The highest BCUT2D eigenvalue weighted by atomic mass is 35.5. The number of carbonyl (C=O) groups is 1. The van der Waals surface area contributed by atoms with Gasteiger partial charge in [-0.15, -0.1) is 12.4 Å². The predicted octanol–water partition coefficient (Wildman–Crippen LogP) is 1.44. The second-order valence-corrected chi connectivity index (χ2v) is 4.74. The molecule has 0 saturated carbocycles. The summed E-state index contributed by atoms with van der Waals surface area (Å²) in [6.45, 7) is 1.10. The third kappa shape index (κ3) is 4.33. The fourth-order valence-electron chi connectivity index (χ4n) is 2.17. The number of β-amino-alcohol motifs (C(OH)–C–C–N with tert-alkyl or cyclic N) is 1. The molecular weight excluding hydrogens is 309 g/mol. The van der Waals surface area contributed by atoms with Crippen molar-refractivity contribution in [2.45, 2.75) is 12.3 Å². The van der Waals surface area contributed by atoms with Crippen molar-refractivity contribution in [3.8, 4) is 0 Å². The summed E-state index contributed by atoms with van der Waals surface area (Å²) in [5.74, 6) is -0.964. The zero-order valence-electron chi connectivity index (χ0n) is 11.0. The van der Waals surface area contributed by atoms with Gasteiger partial charge in [-0.3, -0.25) is 4.79 Å². The molecule has 8 heteroatoms. The van der Waals surface area contributed by atoms with Crippen LogP contribution in [0.4, 0.5) is 13.2 Å². The summed E-state index contributed by atoms with van der Waals surface area (Å²) in [6.07, 6.45) is -5.16. The molecule has 2 unspecified atom stereocenters. The third-order valence-electron chi connectivity index (χ3n) is 3.31. The van der Waals surface area contributed by atoms with Crippen LogP contribution in [0.5, 0.6) is 0 Å². The minimum absolute atomic E-state index is 0. The number of benzene rings is 1. The number of hydrogen-bond acceptors (Lipinski definition) is 3. The predicted molar refractivity (Wildman–Crippen MR) is 73.4 cm³/mol. The molecule has 2 atom stereocenters. The van der Waals surface area contributed by atoms with Gasteiger partial charge in [-0.1, -0.05) is 12.1 Å². The molecule has 21 heavy (non-hydrogen) atoms. The molecule has 0 radical (unpaired) electrons. The zero-order valence-corrected chi connectivity index (χ0v) is 11.8. The summed E-state index contributed by atoms with van der Waals surface area (Å²) in [7, 11) is 0. The van der Waals surface area contributed by atoms with E-state index in [4.69, 9.17) is 0 Å². The monoisotopic (exact) mass is 324 g/mol. The van der Waals surface area contributed by atoms with Crippen molar-refractivity contribution < 1.29 is 23.1 Å². The lowest BCUT2D eigenvalue weighted by atomic mass is 10.0. The van der Waals surface area contributed by atoms with E-state index in [1.807, 2.05) is 0 Å². The van der Waals surface area contributed by atoms with Crippen LogP contribution in [-0.2, 0) is 6.18 Å². The molecule has 1 aliphatic rings. The van der Waals surface area contributed by atoms with Crippen LogP contribution in [0.2, 0.25) is 0 Å². The minimum Gasteiger partial charge on any atom is -0.391 e. The maximum Gasteiger partial charge on any atom is 0.417 e. The second kappa shape index (κ2) is 7.11. The Hall–Kier alpha value is -1.31. The number of aliphatic hydroxyl groups excluding tert-OH is 1. The Labute approximate surface area is 126 Å². The molecule has 1 aliphatic heterocycles. The van der Waals surface area contributed by atoms with Gasteiger partial charge in [0.1, 0.15) is 0 Å². The Balaban J connectivity index is 0.00000220. The largest absolute Gasteiger partial charge is 0.417 e. The third-order valence-corrected chi connectivity index (χ3v) is 3.31. The maximum absolute atomic E-state index is 12.8. The fraction of sp³-hybridized carbons (Fsp3) is 0.462. The van der Waals surface area contributed by atoms with Crippen molar-refractivity contribution in [3.05, 3.63) is 35.4 Å². The van der Waals surface area contributed by atoms with Gasteiger partial charge in [0, 0.05) is 25.6 Å². The summed E-state index contributed by atoms with van der Waals surface area (Å²) >= 11 is 0. The lowest BCUT2D eigenvalue weighted by molar-refractivity contribution is -0.137. The average Bonchev–Trinajstić information content (AvgIpc) is 2.80. The van der Waals surface area contributed by atoms with Crippen LogP contribution >= 0.6 is 12.4 Å². The van der Waals surface area contributed by atoms with Crippen LogP contribution in [0.3, 0.4) is 0 Å². The van der Waals surface area contributed by atoms with Gasteiger partial charge in [-0.2, -0.15) is 13.2 Å². The first-order valence-electron chi connectivity index (χ1n) is 6.23. The number of amides is 1. The van der Waals surface area contributed by atoms with Crippen LogP contribution in [-0.4, -0.2) is 36.8 Å². The van der Waals surface area contributed by atoms with Crippen LogP contribution < -0.4 is 10.6 Å². The number of alkyl halides is 3. The van der Waals surface area contributed by atoms with Crippen molar-refractivity contribution in [3.63, 3.8) is 0 Å². The van der Waals surface area contributed by atoms with Gasteiger partial charge in [-0.25, -0.2) is 0 Å². The van der Waals surface area contributed by atoms with Crippen LogP contribution in [0.25, 0.3) is 0 Å². The normalized spacial score (nSPS) is 21.7. The van der Waals surface area contributed by atoms with Gasteiger partial charge in [0.2, 0.25) is 0 Å². The molecule has 1 saturated heterocycles. The van der Waals surface area contributed by atoms with Gasteiger partial charge in [0.25, 0.3) is 5.91 Å². The lowest BCUT2D eigenvalue weighted by Crippen LogP contribution is -2.35. The molecule has 0 spiro atoms. The molecule has 1 heterocycles. The smallest absolute Gasteiger partial charge is 0.391 e. The van der Waals surface area contributed by atoms with E-state index in [-0.39, 0.29) is 24.9 Å². The molecule has 3 N–H and O–H groups in total. The number of aliphatic hydroxyl groups is 1. The van der Waals surface area contributed by atoms with Crippen molar-refractivity contribution >= 4 is 18.3 Å². The topological polar surface area (TPSA) is 61.4 Å². The highest BCUT2D eigenvalue weighted by Crippen LogP contribution is 2.31. The molecule has 2 rings (SSSR count). The van der Waals surface area contributed by atoms with Gasteiger partial charge in [-0.05, 0) is 12.1 Å². The van der Waals surface area contributed by atoms with Crippen LogP contribution in [0, 0.1) is 5.92 Å². The first kappa shape index (κ1) is 17.7. The first-order chi connectivity index (χ1) is 9.39. The van der Waals surface area contributed by atoms with E-state index < -0.39 is 29.3 Å². The molecule has 1 fully saturated rings. The second-order valence-electron chi connectivity index (χ2n) is 4.74. The minimum atomic E-state index is -4.57. The van der Waals surface area contributed by atoms with E-state index in [0.29, 0.717) is 13.1 Å². The Morgan fingerprint density at radius 3 is 2.57 bits per heavy atom. The summed E-state index contributed by atoms with van der Waals surface area (Å²) in [5.41, 5.74) is -1.36. The Morgan fingerprint density at radius 1 is 1.33 bits per heavy atom. The lowest BCUT2D eigenvalue weighted by Gasteiger charge is -2.16. The van der Waals surface area contributed by atoms with Crippen molar-refractivity contribution in [1.82, 2.24) is 10.6 Å². The number of rotatable bonds is 3. The van der Waals surface area contributed by atoms with Crippen molar-refractivity contribution in [2.75, 3.05) is 19.6 Å². The molecule has 1 aromatic carbocycles. The standard InChI is InChI=1S/C13H15F3N2O2.ClH/c14-13(15,16)10-4-2-1-3-9(10)12(20)18-6-8-5-17-7-11(8)19;/h1-4,8,11,17,19H,5-7H2,(H,18,20);1H. The molecule has 0 aliphatic carbocycles. The van der Waals surface area contributed by atoms with E-state index in [9.17, 15) is 23.1 Å². The number of carbonyl (C=O) groups excluding carboxylic acids is 1. The quantitative estimate of drug-likeness (QED) is 0.788. The zero-order chi connectivity index (χ0) is 14.8. The Kier molecular flexibility index (Phi) is 6.00. The molecule has 1 aromatic rings. The van der Waals surface area contributed by atoms with E-state index in [1.165, 1.54) is 12.1 Å². The summed E-state index contributed by atoms with van der Waals surface area (Å²) in [5, 5.41) is 14.9. The molecule has 1 amide bonds. The summed E-state index contributed by atoms with van der Waals surface area (Å²) in [4.78, 5) is 11.9. The SMILES string of the molecule is Cl.O=C(NCC1CNCC1O)c1ccccc1C(F)(F)F. The van der Waals surface area contributed by atoms with E-state index >= 15 is 0 Å². The summed E-state index contributed by atoms with van der Waals surface area (Å²) < 4.78 is 38.3. The number of nitrogens with one attached hydrogen (secondary N) is 2. The maximum atomic E-state index is 12.8. The first-order valence-corrected chi connectivity index (χ1v) is 6.23. The van der Waals surface area contributed by atoms with E-state index in [2.05, 4.69) is 10.6 Å². The highest BCUT2D eigenvalue weighted by Gasteiger charge is 2.35. The summed E-state index contributed by atoms with van der Waals surface area (Å²) in [6, 6.07) is 4.64. The van der Waals surface area contributed by atoms with E-state index in [0.717, 1.165) is 12.1 Å². The molecule has 0 aromatic heterocycles. The van der Waals surface area contributed by atoms with Crippen molar-refractivity contribution in [2.24, 2.45) is 5.92 Å². The Bertz CT molecular complexity index is 497. The van der Waals surface area contributed by atoms with Gasteiger partial charge < -0.3 is 15.7 Å². The van der Waals surface area contributed by atoms with Crippen LogP contribution in [0.1, 0.15) is 15.9 Å². The van der Waals surface area contributed by atoms with Crippen LogP contribution in [0.15, 0.2) is 24.3 Å². The van der Waals surface area contributed by atoms with Gasteiger partial charge in [0.05, 0.1) is 17.2 Å². The molecular formula is C13H16ClF3N2O2. The number of halogens is 4. The molecule has 4 nitrogen and oxygen atoms in total. The van der Waals surface area contributed by atoms with Gasteiger partial charge >= 0.3 is 6.18 Å². The van der Waals surface area contributed by atoms with E-state index in [1.54, 1.807) is 0 Å². The fourth-order valence-corrected chi connectivity index (χ4v) is 2.17. The number of hydrogen-bond donors (Lipinski definition) is 3. The van der Waals surface area contributed by atoms with Crippen molar-refractivity contribution in [1.29, 1.82) is 0 Å². The Morgan fingerprint density at radius 2 is 2.00 bits per heavy atom. The molecule has 0 bridgehead atoms.